The van der Waals surface area contributed by atoms with Gasteiger partial charge in [-0.05, 0) is 13.0 Å². The van der Waals surface area contributed by atoms with Gasteiger partial charge in [0.25, 0.3) is 0 Å². The molecule has 5 heteroatoms. The molecule has 0 aromatic heterocycles. The Hall–Kier alpha value is -1.26. The first-order chi connectivity index (χ1) is 6.27. The number of para-hydroxylation sites is 1. The number of anilines is 1. The van der Waals surface area contributed by atoms with E-state index < -0.39 is 17.4 Å². The van der Waals surface area contributed by atoms with Crippen molar-refractivity contribution in [3.05, 3.63) is 29.8 Å². The fourth-order valence-electron chi connectivity index (χ4n) is 1.08. The molecule has 14 heavy (non-hydrogen) atoms. The summed E-state index contributed by atoms with van der Waals surface area (Å²) in [4.78, 5) is 0. The van der Waals surface area contributed by atoms with Crippen molar-refractivity contribution < 1.29 is 17.6 Å². The van der Waals surface area contributed by atoms with Gasteiger partial charge in [0.15, 0.2) is 0 Å². The van der Waals surface area contributed by atoms with Gasteiger partial charge in [0.05, 0.1) is 0 Å². The molecular weight excluding hydrogens is 198 g/mol. The van der Waals surface area contributed by atoms with E-state index in [2.05, 4.69) is 0 Å². The minimum Gasteiger partial charge on any atom is -0.398 e. The smallest absolute Gasteiger partial charge is 0.398 e. The molecule has 2 N–H and O–H groups in total. The predicted octanol–water partition coefficient (Wildman–Crippen LogP) is 3.02. The van der Waals surface area contributed by atoms with Crippen LogP contribution in [0.5, 0.6) is 0 Å². The van der Waals surface area contributed by atoms with Gasteiger partial charge in [0.2, 0.25) is 5.67 Å². The Morgan fingerprint density at radius 2 is 1.57 bits per heavy atom. The van der Waals surface area contributed by atoms with Crippen LogP contribution < -0.4 is 5.73 Å². The minimum atomic E-state index is -4.96. The topological polar surface area (TPSA) is 26.0 Å². The number of benzene rings is 1. The van der Waals surface area contributed by atoms with Crippen LogP contribution in [0.4, 0.5) is 23.2 Å². The summed E-state index contributed by atoms with van der Waals surface area (Å²) < 4.78 is 50.2. The van der Waals surface area contributed by atoms with Crippen LogP contribution in [-0.2, 0) is 5.67 Å². The van der Waals surface area contributed by atoms with Gasteiger partial charge in [-0.3, -0.25) is 0 Å². The summed E-state index contributed by atoms with van der Waals surface area (Å²) in [5, 5.41) is 0. The van der Waals surface area contributed by atoms with Crippen LogP contribution in [0.1, 0.15) is 12.5 Å². The Morgan fingerprint density at radius 3 is 2.00 bits per heavy atom. The second kappa shape index (κ2) is 3.15. The lowest BCUT2D eigenvalue weighted by molar-refractivity contribution is -0.228. The number of hydrogen-bond donors (Lipinski definition) is 1. The Kier molecular flexibility index (Phi) is 2.43. The van der Waals surface area contributed by atoms with Crippen LogP contribution in [-0.4, -0.2) is 6.18 Å². The maximum Gasteiger partial charge on any atom is 0.426 e. The Labute approximate surface area is 78.5 Å². The molecule has 0 aliphatic rings. The maximum atomic E-state index is 13.4. The van der Waals surface area contributed by atoms with Crippen molar-refractivity contribution in [3.8, 4) is 0 Å². The monoisotopic (exact) mass is 207 g/mol. The molecule has 0 saturated heterocycles. The van der Waals surface area contributed by atoms with E-state index in [4.69, 9.17) is 5.73 Å². The van der Waals surface area contributed by atoms with E-state index in [0.717, 1.165) is 6.07 Å². The van der Waals surface area contributed by atoms with Crippen molar-refractivity contribution in [2.24, 2.45) is 0 Å². The number of nitrogen functional groups attached to an aromatic ring is 1. The van der Waals surface area contributed by atoms with Crippen molar-refractivity contribution >= 4 is 5.69 Å². The van der Waals surface area contributed by atoms with Crippen molar-refractivity contribution in [2.45, 2.75) is 18.8 Å². The molecule has 78 valence electrons. The van der Waals surface area contributed by atoms with E-state index in [9.17, 15) is 17.6 Å². The third-order valence-electron chi connectivity index (χ3n) is 2.00. The van der Waals surface area contributed by atoms with E-state index in [0.29, 0.717) is 6.92 Å². The number of hydrogen-bond acceptors (Lipinski definition) is 1. The van der Waals surface area contributed by atoms with E-state index in [1.807, 2.05) is 0 Å². The Bertz CT molecular complexity index is 330. The van der Waals surface area contributed by atoms with Crippen molar-refractivity contribution in [1.29, 1.82) is 0 Å². The zero-order valence-electron chi connectivity index (χ0n) is 7.40. The quantitative estimate of drug-likeness (QED) is 0.556. The maximum absolute atomic E-state index is 13.4. The highest BCUT2D eigenvalue weighted by atomic mass is 19.4. The SMILES string of the molecule is CC(F)(c1ccccc1N)C(F)(F)F. The second-order valence-corrected chi connectivity index (χ2v) is 3.09. The number of halogens is 4. The summed E-state index contributed by atoms with van der Waals surface area (Å²) in [6.45, 7) is 0.457. The molecule has 0 amide bonds. The normalized spacial score (nSPS) is 16.4. The lowest BCUT2D eigenvalue weighted by Crippen LogP contribution is -2.35. The first kappa shape index (κ1) is 10.8. The zero-order valence-corrected chi connectivity index (χ0v) is 7.40. The van der Waals surface area contributed by atoms with Crippen molar-refractivity contribution in [1.82, 2.24) is 0 Å². The first-order valence-electron chi connectivity index (χ1n) is 3.87. The number of alkyl halides is 4. The summed E-state index contributed by atoms with van der Waals surface area (Å²) in [7, 11) is 0. The van der Waals surface area contributed by atoms with Crippen LogP contribution in [0.2, 0.25) is 0 Å². The van der Waals surface area contributed by atoms with Gasteiger partial charge >= 0.3 is 6.18 Å². The van der Waals surface area contributed by atoms with Crippen LogP contribution in [0.25, 0.3) is 0 Å². The summed E-state index contributed by atoms with van der Waals surface area (Å²) >= 11 is 0. The molecule has 1 unspecified atom stereocenters. The fraction of sp³-hybridized carbons (Fsp3) is 0.333. The average molecular weight is 207 g/mol. The Morgan fingerprint density at radius 1 is 1.07 bits per heavy atom. The van der Waals surface area contributed by atoms with Gasteiger partial charge in [-0.1, -0.05) is 18.2 Å². The number of rotatable bonds is 1. The zero-order chi connectivity index (χ0) is 11.0. The van der Waals surface area contributed by atoms with Crippen LogP contribution >= 0.6 is 0 Å². The van der Waals surface area contributed by atoms with E-state index >= 15 is 0 Å². The standard InChI is InChI=1S/C9H9F4N/c1-8(10,9(11,12)13)6-4-2-3-5-7(6)14/h2-5H,14H2,1H3. The first-order valence-corrected chi connectivity index (χ1v) is 3.87. The van der Waals surface area contributed by atoms with Gasteiger partial charge in [0.1, 0.15) is 0 Å². The molecule has 1 atom stereocenters. The third kappa shape index (κ3) is 1.66. The van der Waals surface area contributed by atoms with E-state index in [1.165, 1.54) is 18.2 Å². The minimum absolute atomic E-state index is 0.199. The van der Waals surface area contributed by atoms with Gasteiger partial charge in [-0.2, -0.15) is 13.2 Å². The second-order valence-electron chi connectivity index (χ2n) is 3.09. The lowest BCUT2D eigenvalue weighted by Gasteiger charge is -2.25. The largest absolute Gasteiger partial charge is 0.426 e. The lowest BCUT2D eigenvalue weighted by atomic mass is 9.96. The van der Waals surface area contributed by atoms with Crippen LogP contribution in [0.3, 0.4) is 0 Å². The summed E-state index contributed by atoms with van der Waals surface area (Å²) in [6, 6.07) is 5.03. The molecule has 0 heterocycles. The highest BCUT2D eigenvalue weighted by Gasteiger charge is 2.54. The van der Waals surface area contributed by atoms with Crippen LogP contribution in [0.15, 0.2) is 24.3 Å². The fourth-order valence-corrected chi connectivity index (χ4v) is 1.08. The highest BCUT2D eigenvalue weighted by Crippen LogP contribution is 2.43. The van der Waals surface area contributed by atoms with Gasteiger partial charge in [0, 0.05) is 11.3 Å². The molecule has 1 aromatic carbocycles. The van der Waals surface area contributed by atoms with Gasteiger partial charge < -0.3 is 5.73 Å². The van der Waals surface area contributed by atoms with Crippen LogP contribution in [0, 0.1) is 0 Å². The molecule has 1 aromatic rings. The molecule has 0 radical (unpaired) electrons. The Balaban J connectivity index is 3.23. The summed E-state index contributed by atoms with van der Waals surface area (Å²) in [6.07, 6.45) is -4.96. The molecule has 0 aliphatic heterocycles. The molecular formula is C9H9F4N. The molecule has 1 rings (SSSR count). The molecule has 0 aliphatic carbocycles. The molecule has 1 nitrogen and oxygen atoms in total. The molecule has 0 fully saturated rings. The molecule has 0 bridgehead atoms. The van der Waals surface area contributed by atoms with Gasteiger partial charge in [-0.15, -0.1) is 0 Å². The molecule has 0 saturated carbocycles. The number of nitrogens with two attached hydrogens (primary N) is 1. The third-order valence-corrected chi connectivity index (χ3v) is 2.00. The predicted molar refractivity (Wildman–Crippen MR) is 45.4 cm³/mol. The molecule has 0 spiro atoms. The van der Waals surface area contributed by atoms with Crippen molar-refractivity contribution in [3.63, 3.8) is 0 Å². The summed E-state index contributed by atoms with van der Waals surface area (Å²) in [5.41, 5.74) is 1.11. The van der Waals surface area contributed by atoms with E-state index in [1.54, 1.807) is 0 Å². The van der Waals surface area contributed by atoms with E-state index in [-0.39, 0.29) is 5.69 Å². The average Bonchev–Trinajstić information content (AvgIpc) is 2.02. The summed E-state index contributed by atoms with van der Waals surface area (Å²) in [5.74, 6) is 0. The highest BCUT2D eigenvalue weighted by molar-refractivity contribution is 5.50. The van der Waals surface area contributed by atoms with Gasteiger partial charge in [-0.25, -0.2) is 4.39 Å². The van der Waals surface area contributed by atoms with Crippen molar-refractivity contribution in [2.75, 3.05) is 5.73 Å².